The van der Waals surface area contributed by atoms with Gasteiger partial charge in [-0.15, -0.1) is 0 Å². The Morgan fingerprint density at radius 1 is 1.27 bits per heavy atom. The molecule has 0 saturated carbocycles. The number of benzene rings is 2. The van der Waals surface area contributed by atoms with Gasteiger partial charge in [0.25, 0.3) is 5.69 Å². The topological polar surface area (TPSA) is 97.2 Å². The molecule has 0 bridgehead atoms. The van der Waals surface area contributed by atoms with Crippen LogP contribution in [0.2, 0.25) is 0 Å². The van der Waals surface area contributed by atoms with E-state index in [0.29, 0.717) is 17.4 Å². The van der Waals surface area contributed by atoms with Gasteiger partial charge >= 0.3 is 0 Å². The van der Waals surface area contributed by atoms with E-state index in [-0.39, 0.29) is 18.0 Å². The molecule has 0 fully saturated rings. The summed E-state index contributed by atoms with van der Waals surface area (Å²) in [5, 5.41) is 17.3. The number of amides is 1. The minimum absolute atomic E-state index is 0.00933. The van der Waals surface area contributed by atoms with Gasteiger partial charge in [0.05, 0.1) is 15.1 Å². The van der Waals surface area contributed by atoms with Gasteiger partial charge in [0, 0.05) is 19.0 Å². The second kappa shape index (κ2) is 7.49. The zero-order valence-corrected chi connectivity index (χ0v) is 15.2. The molecule has 0 spiro atoms. The fourth-order valence-electron chi connectivity index (χ4n) is 2.70. The highest BCUT2D eigenvalue weighted by Crippen LogP contribution is 2.29. The average Bonchev–Trinajstić information content (AvgIpc) is 2.97. The Labute approximate surface area is 154 Å². The van der Waals surface area contributed by atoms with E-state index in [2.05, 4.69) is 21.7 Å². The molecule has 0 saturated heterocycles. The Morgan fingerprint density at radius 2 is 2.04 bits per heavy atom. The van der Waals surface area contributed by atoms with E-state index in [9.17, 15) is 14.9 Å². The molecule has 1 heterocycles. The van der Waals surface area contributed by atoms with E-state index in [4.69, 9.17) is 0 Å². The summed E-state index contributed by atoms with van der Waals surface area (Å²) in [6, 6.07) is 10.5. The highest BCUT2D eigenvalue weighted by Gasteiger charge is 2.13. The summed E-state index contributed by atoms with van der Waals surface area (Å²) >= 11 is 1.44. The standard InChI is InChI=1S/C18H18N4O3S/c1-11-9-12(2)17-15(10-11)26-18(21-17)20-16(23)7-8-19-13-5-3-4-6-14(13)22(24)25/h3-6,9-10,19H,7-8H2,1-2H3,(H,20,21,23). The summed E-state index contributed by atoms with van der Waals surface area (Å²) in [5.41, 5.74) is 3.52. The van der Waals surface area contributed by atoms with E-state index in [0.717, 1.165) is 21.3 Å². The third kappa shape index (κ3) is 3.97. The van der Waals surface area contributed by atoms with Crippen molar-refractivity contribution >= 4 is 44.0 Å². The largest absolute Gasteiger partial charge is 0.379 e. The molecular formula is C18H18N4O3S. The molecule has 3 rings (SSSR count). The SMILES string of the molecule is Cc1cc(C)c2nc(NC(=O)CCNc3ccccc3[N+](=O)[O-])sc2c1. The predicted octanol–water partition coefficient (Wildman–Crippen LogP) is 4.26. The van der Waals surface area contributed by atoms with Gasteiger partial charge in [0.15, 0.2) is 5.13 Å². The number of nitrogens with one attached hydrogen (secondary N) is 2. The number of nitro benzene ring substituents is 1. The van der Waals surface area contributed by atoms with Crippen molar-refractivity contribution in [3.63, 3.8) is 0 Å². The number of aromatic nitrogens is 1. The third-order valence-corrected chi connectivity index (χ3v) is 4.76. The molecule has 26 heavy (non-hydrogen) atoms. The molecule has 0 radical (unpaired) electrons. The van der Waals surface area contributed by atoms with Crippen molar-refractivity contribution in [3.05, 3.63) is 57.6 Å². The fourth-order valence-corrected chi connectivity index (χ4v) is 3.76. The third-order valence-electron chi connectivity index (χ3n) is 3.84. The van der Waals surface area contributed by atoms with E-state index in [1.807, 2.05) is 19.9 Å². The number of carbonyl (C=O) groups excluding carboxylic acids is 1. The van der Waals surface area contributed by atoms with Crippen molar-refractivity contribution in [1.82, 2.24) is 4.98 Å². The lowest BCUT2D eigenvalue weighted by Gasteiger charge is -2.06. The van der Waals surface area contributed by atoms with Crippen molar-refractivity contribution < 1.29 is 9.72 Å². The first-order valence-corrected chi connectivity index (χ1v) is 8.90. The highest BCUT2D eigenvalue weighted by molar-refractivity contribution is 7.22. The molecule has 0 aliphatic heterocycles. The lowest BCUT2D eigenvalue weighted by atomic mass is 10.1. The molecule has 1 amide bonds. The number of hydrogen-bond donors (Lipinski definition) is 2. The molecule has 2 aromatic carbocycles. The summed E-state index contributed by atoms with van der Waals surface area (Å²) in [6.45, 7) is 4.32. The van der Waals surface area contributed by atoms with Crippen LogP contribution in [0.15, 0.2) is 36.4 Å². The van der Waals surface area contributed by atoms with Crippen molar-refractivity contribution in [2.75, 3.05) is 17.2 Å². The van der Waals surface area contributed by atoms with E-state index in [1.165, 1.54) is 17.4 Å². The molecular weight excluding hydrogens is 352 g/mol. The van der Waals surface area contributed by atoms with Crippen LogP contribution in [0.25, 0.3) is 10.2 Å². The first-order valence-electron chi connectivity index (χ1n) is 8.09. The quantitative estimate of drug-likeness (QED) is 0.499. The predicted molar refractivity (Wildman–Crippen MR) is 104 cm³/mol. The first-order chi connectivity index (χ1) is 12.4. The maximum Gasteiger partial charge on any atom is 0.292 e. The minimum Gasteiger partial charge on any atom is -0.379 e. The summed E-state index contributed by atoms with van der Waals surface area (Å²) in [7, 11) is 0. The van der Waals surface area contributed by atoms with Gasteiger partial charge in [-0.3, -0.25) is 14.9 Å². The number of nitro groups is 1. The summed E-state index contributed by atoms with van der Waals surface area (Å²) in [5.74, 6) is -0.190. The van der Waals surface area contributed by atoms with Crippen LogP contribution < -0.4 is 10.6 Å². The molecule has 3 aromatic rings. The molecule has 0 aliphatic rings. The van der Waals surface area contributed by atoms with Crippen LogP contribution in [-0.4, -0.2) is 22.4 Å². The number of hydrogen-bond acceptors (Lipinski definition) is 6. The smallest absolute Gasteiger partial charge is 0.292 e. The van der Waals surface area contributed by atoms with Gasteiger partial charge in [0.1, 0.15) is 5.69 Å². The number of anilines is 2. The van der Waals surface area contributed by atoms with Gasteiger partial charge in [-0.2, -0.15) is 0 Å². The first kappa shape index (κ1) is 17.8. The van der Waals surface area contributed by atoms with Gasteiger partial charge in [0.2, 0.25) is 5.91 Å². The number of carbonyl (C=O) groups is 1. The summed E-state index contributed by atoms with van der Waals surface area (Å²) < 4.78 is 1.04. The average molecular weight is 370 g/mol. The molecule has 1 aromatic heterocycles. The van der Waals surface area contributed by atoms with Gasteiger partial charge in [-0.1, -0.05) is 29.5 Å². The van der Waals surface area contributed by atoms with Crippen LogP contribution in [0, 0.1) is 24.0 Å². The Morgan fingerprint density at radius 3 is 2.81 bits per heavy atom. The molecule has 0 atom stereocenters. The summed E-state index contributed by atoms with van der Waals surface area (Å²) in [4.78, 5) is 27.1. The number of aryl methyl sites for hydroxylation is 2. The van der Waals surface area contributed by atoms with Crippen LogP contribution in [0.3, 0.4) is 0 Å². The lowest BCUT2D eigenvalue weighted by Crippen LogP contribution is -2.16. The maximum absolute atomic E-state index is 12.1. The van der Waals surface area contributed by atoms with Crippen LogP contribution in [0.4, 0.5) is 16.5 Å². The number of fused-ring (bicyclic) bond motifs is 1. The molecule has 8 heteroatoms. The molecule has 134 valence electrons. The van der Waals surface area contributed by atoms with Crippen LogP contribution >= 0.6 is 11.3 Å². The Hall–Kier alpha value is -3.00. The fraction of sp³-hybridized carbons (Fsp3) is 0.222. The van der Waals surface area contributed by atoms with Crippen molar-refractivity contribution in [3.8, 4) is 0 Å². The maximum atomic E-state index is 12.1. The van der Waals surface area contributed by atoms with Crippen molar-refractivity contribution in [1.29, 1.82) is 0 Å². The Bertz CT molecular complexity index is 984. The van der Waals surface area contributed by atoms with E-state index < -0.39 is 4.92 Å². The number of thiazole rings is 1. The normalized spacial score (nSPS) is 10.7. The lowest BCUT2D eigenvalue weighted by molar-refractivity contribution is -0.384. The van der Waals surface area contributed by atoms with Crippen LogP contribution in [0.1, 0.15) is 17.5 Å². The van der Waals surface area contributed by atoms with Gasteiger partial charge in [-0.05, 0) is 37.1 Å². The van der Waals surface area contributed by atoms with Gasteiger partial charge in [-0.25, -0.2) is 4.98 Å². The number of para-hydroxylation sites is 2. The molecule has 0 aliphatic carbocycles. The minimum atomic E-state index is -0.451. The van der Waals surface area contributed by atoms with E-state index >= 15 is 0 Å². The second-order valence-electron chi connectivity index (χ2n) is 5.95. The second-order valence-corrected chi connectivity index (χ2v) is 6.98. The Kier molecular flexibility index (Phi) is 5.13. The van der Waals surface area contributed by atoms with E-state index in [1.54, 1.807) is 18.2 Å². The molecule has 2 N–H and O–H groups in total. The Balaban J connectivity index is 1.60. The monoisotopic (exact) mass is 370 g/mol. The van der Waals surface area contributed by atoms with Crippen LogP contribution in [0.5, 0.6) is 0 Å². The highest BCUT2D eigenvalue weighted by atomic mass is 32.1. The number of nitrogens with zero attached hydrogens (tertiary/aromatic N) is 2. The van der Waals surface area contributed by atoms with Gasteiger partial charge < -0.3 is 10.6 Å². The van der Waals surface area contributed by atoms with Crippen LogP contribution in [-0.2, 0) is 4.79 Å². The van der Waals surface area contributed by atoms with Crippen molar-refractivity contribution in [2.45, 2.75) is 20.3 Å². The summed E-state index contributed by atoms with van der Waals surface area (Å²) in [6.07, 6.45) is 0.181. The van der Waals surface area contributed by atoms with Crippen molar-refractivity contribution in [2.24, 2.45) is 0 Å². The molecule has 0 unspecified atom stereocenters. The number of rotatable bonds is 6. The molecule has 7 nitrogen and oxygen atoms in total. The zero-order chi connectivity index (χ0) is 18.7. The zero-order valence-electron chi connectivity index (χ0n) is 14.4.